The summed E-state index contributed by atoms with van der Waals surface area (Å²) in [6, 6.07) is 3.05. The Labute approximate surface area is 189 Å². The lowest BCUT2D eigenvalue weighted by Gasteiger charge is -2.31. The number of amides is 1. The Kier molecular flexibility index (Phi) is 4.99. The van der Waals surface area contributed by atoms with Crippen LogP contribution in [0.1, 0.15) is 24.4 Å². The molecule has 4 heterocycles. The number of nitrogens with zero attached hydrogens (tertiary/aromatic N) is 5. The summed E-state index contributed by atoms with van der Waals surface area (Å²) in [6.45, 7) is 0.332. The van der Waals surface area contributed by atoms with Gasteiger partial charge in [0.05, 0.1) is 29.7 Å². The fourth-order valence-electron chi connectivity index (χ4n) is 4.54. The highest BCUT2D eigenvalue weighted by atomic mass is 19.4. The van der Waals surface area contributed by atoms with Gasteiger partial charge in [-0.25, -0.2) is 19.1 Å². The smallest absolute Gasteiger partial charge is 0.417 e. The lowest BCUT2D eigenvalue weighted by Crippen LogP contribution is -2.41. The maximum atomic E-state index is 14.2. The minimum atomic E-state index is -4.73. The molecule has 0 aliphatic carbocycles. The summed E-state index contributed by atoms with van der Waals surface area (Å²) in [4.78, 5) is 32.0. The standard InChI is InChI=1S/C21H19F3N6O4/c1-34-17-5-11(8-29-18(17)25-10-26-29)13-6-15-16(7-14(13)21(22,23)24)30(19(31)27-15)12-3-2-4-28(9-12)20(32)33/h5-8,10,12H,2-4,9H2,1H3,(H,27,31)(H,32,33). The van der Waals surface area contributed by atoms with E-state index in [1.807, 2.05) is 0 Å². The van der Waals surface area contributed by atoms with E-state index < -0.39 is 29.6 Å². The molecule has 0 saturated carbocycles. The molecule has 1 aliphatic rings. The molecular weight excluding hydrogens is 457 g/mol. The zero-order valence-electron chi connectivity index (χ0n) is 17.8. The first-order valence-electron chi connectivity index (χ1n) is 10.4. The topological polar surface area (TPSA) is 118 Å². The number of ether oxygens (including phenoxy) is 1. The molecule has 1 aromatic carbocycles. The van der Waals surface area contributed by atoms with Crippen molar-refractivity contribution < 1.29 is 27.8 Å². The van der Waals surface area contributed by atoms with Crippen LogP contribution in [0.15, 0.2) is 35.5 Å². The maximum Gasteiger partial charge on any atom is 0.417 e. The highest BCUT2D eigenvalue weighted by molar-refractivity contribution is 5.85. The number of carboxylic acid groups (broad SMARTS) is 1. The molecule has 1 unspecified atom stereocenters. The monoisotopic (exact) mass is 476 g/mol. The van der Waals surface area contributed by atoms with Crippen molar-refractivity contribution in [3.63, 3.8) is 0 Å². The van der Waals surface area contributed by atoms with Gasteiger partial charge < -0.3 is 19.7 Å². The number of nitrogens with one attached hydrogen (secondary N) is 1. The molecule has 0 bridgehead atoms. The van der Waals surface area contributed by atoms with Gasteiger partial charge in [-0.15, -0.1) is 0 Å². The fourth-order valence-corrected chi connectivity index (χ4v) is 4.54. The van der Waals surface area contributed by atoms with Crippen LogP contribution >= 0.6 is 0 Å². The Hall–Kier alpha value is -4.03. The van der Waals surface area contributed by atoms with Crippen molar-refractivity contribution in [1.29, 1.82) is 0 Å². The van der Waals surface area contributed by atoms with Crippen LogP contribution in [0.4, 0.5) is 18.0 Å². The second-order valence-electron chi connectivity index (χ2n) is 8.06. The van der Waals surface area contributed by atoms with E-state index in [0.29, 0.717) is 25.0 Å². The van der Waals surface area contributed by atoms with Crippen molar-refractivity contribution in [2.75, 3.05) is 20.2 Å². The molecule has 10 nitrogen and oxygen atoms in total. The minimum absolute atomic E-state index is 0.0193. The number of hydrogen-bond donors (Lipinski definition) is 2. The van der Waals surface area contributed by atoms with Crippen LogP contribution in [0, 0.1) is 0 Å². The first kappa shape index (κ1) is 21.8. The zero-order chi connectivity index (χ0) is 24.2. The van der Waals surface area contributed by atoms with Gasteiger partial charge in [0.25, 0.3) is 0 Å². The first-order valence-corrected chi connectivity index (χ1v) is 10.4. The van der Waals surface area contributed by atoms with Gasteiger partial charge in [-0.3, -0.25) is 4.57 Å². The minimum Gasteiger partial charge on any atom is -0.493 e. The summed E-state index contributed by atoms with van der Waals surface area (Å²) in [5.74, 6) is 0.241. The fraction of sp³-hybridized carbons (Fsp3) is 0.333. The van der Waals surface area contributed by atoms with Gasteiger partial charge in [-0.05, 0) is 36.6 Å². The van der Waals surface area contributed by atoms with Gasteiger partial charge in [0, 0.05) is 24.8 Å². The number of H-pyrrole nitrogens is 1. The number of benzene rings is 1. The van der Waals surface area contributed by atoms with E-state index in [2.05, 4.69) is 15.1 Å². The lowest BCUT2D eigenvalue weighted by molar-refractivity contribution is -0.137. The average molecular weight is 476 g/mol. The molecule has 0 spiro atoms. The largest absolute Gasteiger partial charge is 0.493 e. The quantitative estimate of drug-likeness (QED) is 0.468. The van der Waals surface area contributed by atoms with E-state index in [1.54, 1.807) is 0 Å². The second kappa shape index (κ2) is 7.78. The summed E-state index contributed by atoms with van der Waals surface area (Å²) >= 11 is 0. The van der Waals surface area contributed by atoms with Crippen LogP contribution in [0.25, 0.3) is 27.8 Å². The molecule has 1 fully saturated rings. The normalized spacial score (nSPS) is 16.9. The SMILES string of the molecule is COc1cc(-c2cc3[nH]c(=O)n(C4CCCN(C(=O)O)C4)c3cc2C(F)(F)F)cn2ncnc12. The van der Waals surface area contributed by atoms with Crippen LogP contribution in [0.3, 0.4) is 0 Å². The first-order chi connectivity index (χ1) is 16.2. The van der Waals surface area contributed by atoms with E-state index in [-0.39, 0.29) is 34.5 Å². The van der Waals surface area contributed by atoms with Crippen molar-refractivity contribution in [1.82, 2.24) is 29.0 Å². The van der Waals surface area contributed by atoms with Crippen molar-refractivity contribution in [3.8, 4) is 16.9 Å². The number of rotatable bonds is 3. The molecule has 1 atom stereocenters. The Morgan fingerprint density at radius 1 is 1.29 bits per heavy atom. The molecule has 2 N–H and O–H groups in total. The number of imidazole rings is 1. The summed E-state index contributed by atoms with van der Waals surface area (Å²) in [6.07, 6.45) is -2.22. The molecule has 3 aromatic heterocycles. The van der Waals surface area contributed by atoms with Gasteiger partial charge in [0.2, 0.25) is 0 Å². The van der Waals surface area contributed by atoms with Crippen LogP contribution in [-0.4, -0.2) is 60.4 Å². The number of alkyl halides is 3. The lowest BCUT2D eigenvalue weighted by atomic mass is 9.99. The number of fused-ring (bicyclic) bond motifs is 2. The van der Waals surface area contributed by atoms with Gasteiger partial charge >= 0.3 is 18.0 Å². The summed E-state index contributed by atoms with van der Waals surface area (Å²) < 4.78 is 50.4. The maximum absolute atomic E-state index is 14.2. The van der Waals surface area contributed by atoms with Gasteiger partial charge in [-0.1, -0.05) is 0 Å². The van der Waals surface area contributed by atoms with Crippen LogP contribution in [0.5, 0.6) is 5.75 Å². The number of pyridine rings is 1. The predicted molar refractivity (Wildman–Crippen MR) is 114 cm³/mol. The van der Waals surface area contributed by atoms with E-state index in [1.165, 1.54) is 40.8 Å². The third-order valence-electron chi connectivity index (χ3n) is 6.07. The third-order valence-corrected chi connectivity index (χ3v) is 6.07. The van der Waals surface area contributed by atoms with Crippen molar-refractivity contribution in [2.45, 2.75) is 25.1 Å². The molecule has 1 amide bonds. The van der Waals surface area contributed by atoms with Crippen LogP contribution < -0.4 is 10.4 Å². The van der Waals surface area contributed by atoms with Gasteiger partial charge in [0.1, 0.15) is 6.33 Å². The number of likely N-dealkylation sites (tertiary alicyclic amines) is 1. The van der Waals surface area contributed by atoms with Crippen LogP contribution in [0.2, 0.25) is 0 Å². The molecule has 1 saturated heterocycles. The molecule has 1 aliphatic heterocycles. The van der Waals surface area contributed by atoms with E-state index in [9.17, 15) is 27.9 Å². The number of hydrogen-bond acceptors (Lipinski definition) is 5. The van der Waals surface area contributed by atoms with E-state index in [4.69, 9.17) is 4.74 Å². The number of carbonyl (C=O) groups is 1. The second-order valence-corrected chi connectivity index (χ2v) is 8.06. The average Bonchev–Trinajstić information content (AvgIpc) is 3.40. The molecule has 34 heavy (non-hydrogen) atoms. The third kappa shape index (κ3) is 3.53. The van der Waals surface area contributed by atoms with E-state index in [0.717, 1.165) is 11.0 Å². The van der Waals surface area contributed by atoms with Gasteiger partial charge in [-0.2, -0.15) is 18.3 Å². The zero-order valence-corrected chi connectivity index (χ0v) is 17.8. The Morgan fingerprint density at radius 3 is 2.79 bits per heavy atom. The number of aromatic amines is 1. The molecule has 0 radical (unpaired) electrons. The molecular formula is C21H19F3N6O4. The summed E-state index contributed by atoms with van der Waals surface area (Å²) in [5.41, 5.74) is -0.916. The Balaban J connectivity index is 1.71. The Morgan fingerprint density at radius 2 is 2.09 bits per heavy atom. The molecule has 4 aromatic rings. The van der Waals surface area contributed by atoms with Crippen LogP contribution in [-0.2, 0) is 6.18 Å². The predicted octanol–water partition coefficient (Wildman–Crippen LogP) is 3.38. The summed E-state index contributed by atoms with van der Waals surface area (Å²) in [7, 11) is 1.38. The number of piperidine rings is 1. The number of methoxy groups -OCH3 is 1. The van der Waals surface area contributed by atoms with E-state index >= 15 is 0 Å². The van der Waals surface area contributed by atoms with Crippen molar-refractivity contribution in [2.24, 2.45) is 0 Å². The molecule has 13 heteroatoms. The highest BCUT2D eigenvalue weighted by Crippen LogP contribution is 2.40. The molecule has 178 valence electrons. The highest BCUT2D eigenvalue weighted by Gasteiger charge is 2.36. The van der Waals surface area contributed by atoms with Crippen molar-refractivity contribution in [3.05, 3.63) is 46.8 Å². The Bertz CT molecular complexity index is 1470. The van der Waals surface area contributed by atoms with Crippen molar-refractivity contribution >= 4 is 22.8 Å². The van der Waals surface area contributed by atoms with Gasteiger partial charge in [0.15, 0.2) is 11.4 Å². The number of halogens is 3. The summed E-state index contributed by atoms with van der Waals surface area (Å²) in [5, 5.41) is 13.3. The number of aromatic nitrogens is 5. The molecule has 5 rings (SSSR count).